The van der Waals surface area contributed by atoms with Gasteiger partial charge in [-0.15, -0.1) is 5.10 Å². The number of rotatable bonds is 7. The van der Waals surface area contributed by atoms with Crippen molar-refractivity contribution in [1.82, 2.24) is 23.9 Å². The molecule has 0 fully saturated rings. The predicted octanol–water partition coefficient (Wildman–Crippen LogP) is 1.79. The molecule has 1 rings (SSSR count). The molecule has 6 nitrogen and oxygen atoms in total. The lowest BCUT2D eigenvalue weighted by Crippen LogP contribution is -2.27. The number of nitrogens with zero attached hydrogens (tertiary/aromatic N) is 5. The van der Waals surface area contributed by atoms with Crippen LogP contribution in [0.1, 0.15) is 32.0 Å². The number of anilines is 1. The summed E-state index contributed by atoms with van der Waals surface area (Å²) in [6, 6.07) is 0. The molecule has 1 aromatic rings. The molecule has 0 aliphatic rings. The standard InChI is InChI=1S/C11H25N6PS/c1-6-7-8-9-10-13-11(12)17(14-10)18(19,15(2)3)16(4)5/h6-9H2,1-5H3,(H2,12,13,14). The maximum Gasteiger partial charge on any atom is 0.225 e. The summed E-state index contributed by atoms with van der Waals surface area (Å²) in [7, 11) is 7.83. The fourth-order valence-electron chi connectivity index (χ4n) is 1.89. The first kappa shape index (κ1) is 16.6. The highest BCUT2D eigenvalue weighted by molar-refractivity contribution is 8.11. The van der Waals surface area contributed by atoms with Gasteiger partial charge in [0, 0.05) is 6.42 Å². The molecule has 1 aromatic heterocycles. The van der Waals surface area contributed by atoms with E-state index < -0.39 is 6.49 Å². The van der Waals surface area contributed by atoms with E-state index in [9.17, 15) is 0 Å². The van der Waals surface area contributed by atoms with Gasteiger partial charge in [-0.1, -0.05) is 19.8 Å². The Hall–Kier alpha value is -0.490. The molecular weight excluding hydrogens is 279 g/mol. The van der Waals surface area contributed by atoms with Crippen molar-refractivity contribution < 1.29 is 0 Å². The Balaban J connectivity index is 3.03. The van der Waals surface area contributed by atoms with Crippen LogP contribution >= 0.6 is 6.49 Å². The molecule has 1 heterocycles. The van der Waals surface area contributed by atoms with Crippen molar-refractivity contribution in [3.8, 4) is 0 Å². The van der Waals surface area contributed by atoms with Crippen LogP contribution in [0, 0.1) is 0 Å². The quantitative estimate of drug-likeness (QED) is 0.612. The fraction of sp³-hybridized carbons (Fsp3) is 0.818. The Kier molecular flexibility index (Phi) is 5.92. The van der Waals surface area contributed by atoms with E-state index in [0.717, 1.165) is 18.7 Å². The van der Waals surface area contributed by atoms with E-state index in [1.165, 1.54) is 12.8 Å². The van der Waals surface area contributed by atoms with Crippen LogP contribution in [0.15, 0.2) is 0 Å². The third-order valence-corrected chi connectivity index (χ3v) is 8.25. The highest BCUT2D eigenvalue weighted by Gasteiger charge is 2.29. The monoisotopic (exact) mass is 304 g/mol. The molecule has 0 saturated carbocycles. The molecule has 0 saturated heterocycles. The van der Waals surface area contributed by atoms with E-state index in [-0.39, 0.29) is 0 Å². The topological polar surface area (TPSA) is 63.2 Å². The van der Waals surface area contributed by atoms with E-state index in [1.54, 1.807) is 4.45 Å². The first-order valence-corrected chi connectivity index (χ1v) is 9.18. The molecule has 0 spiro atoms. The molecule has 0 unspecified atom stereocenters. The van der Waals surface area contributed by atoms with Gasteiger partial charge in [0.25, 0.3) is 0 Å². The first-order valence-electron chi connectivity index (χ1n) is 6.52. The van der Waals surface area contributed by atoms with Crippen LogP contribution < -0.4 is 5.73 Å². The fourth-order valence-corrected chi connectivity index (χ4v) is 4.17. The molecule has 19 heavy (non-hydrogen) atoms. The maximum atomic E-state index is 6.00. The van der Waals surface area contributed by atoms with Gasteiger partial charge in [0.2, 0.25) is 5.95 Å². The minimum absolute atomic E-state index is 0.414. The zero-order valence-electron chi connectivity index (χ0n) is 12.5. The Bertz CT molecular complexity index is 444. The van der Waals surface area contributed by atoms with Crippen LogP contribution in [0.4, 0.5) is 5.95 Å². The SMILES string of the molecule is CCCCCc1nc(N)n(P(=S)(N(C)C)N(C)C)n1. The molecule has 8 heteroatoms. The zero-order chi connectivity index (χ0) is 14.6. The van der Waals surface area contributed by atoms with E-state index >= 15 is 0 Å². The lowest BCUT2D eigenvalue weighted by molar-refractivity contribution is 0.550. The number of unbranched alkanes of at least 4 members (excludes halogenated alkanes) is 2. The number of hydrogen-bond acceptors (Lipinski definition) is 4. The largest absolute Gasteiger partial charge is 0.368 e. The molecule has 2 N–H and O–H groups in total. The van der Waals surface area contributed by atoms with Gasteiger partial charge in [0.15, 0.2) is 12.3 Å². The van der Waals surface area contributed by atoms with Gasteiger partial charge in [-0.3, -0.25) is 9.34 Å². The molecule has 0 amide bonds. The second-order valence-corrected chi connectivity index (χ2v) is 9.42. The summed E-state index contributed by atoms with van der Waals surface area (Å²) in [5, 5.41) is 4.54. The summed E-state index contributed by atoms with van der Waals surface area (Å²) < 4.78 is 5.73. The predicted molar refractivity (Wildman–Crippen MR) is 84.7 cm³/mol. The Morgan fingerprint density at radius 2 is 1.79 bits per heavy atom. The second-order valence-electron chi connectivity index (χ2n) is 4.94. The molecule has 110 valence electrons. The number of aromatic nitrogens is 3. The van der Waals surface area contributed by atoms with E-state index in [1.807, 2.05) is 37.5 Å². The van der Waals surface area contributed by atoms with E-state index in [2.05, 4.69) is 17.0 Å². The number of hydrogen-bond donors (Lipinski definition) is 1. The van der Waals surface area contributed by atoms with Gasteiger partial charge in [-0.05, 0) is 46.4 Å². The highest BCUT2D eigenvalue weighted by atomic mass is 32.4. The van der Waals surface area contributed by atoms with Crippen molar-refractivity contribution in [3.05, 3.63) is 5.82 Å². The third kappa shape index (κ3) is 3.54. The minimum atomic E-state index is -2.15. The van der Waals surface area contributed by atoms with E-state index in [4.69, 9.17) is 17.5 Å². The van der Waals surface area contributed by atoms with Crippen LogP contribution in [0.5, 0.6) is 0 Å². The second kappa shape index (κ2) is 6.79. The molecule has 0 radical (unpaired) electrons. The van der Waals surface area contributed by atoms with Crippen LogP contribution in [-0.2, 0) is 18.2 Å². The average Bonchev–Trinajstić information content (AvgIpc) is 2.69. The summed E-state index contributed by atoms with van der Waals surface area (Å²) in [5.74, 6) is 1.21. The summed E-state index contributed by atoms with van der Waals surface area (Å²) in [4.78, 5) is 4.35. The summed E-state index contributed by atoms with van der Waals surface area (Å²) >= 11 is 5.80. The number of nitrogens with two attached hydrogens (primary N) is 1. The summed E-state index contributed by atoms with van der Waals surface area (Å²) in [5.41, 5.74) is 6.00. The van der Waals surface area contributed by atoms with Crippen molar-refractivity contribution >= 4 is 24.2 Å². The summed E-state index contributed by atoms with van der Waals surface area (Å²) in [6.45, 7) is 0.0255. The molecule has 0 aliphatic carbocycles. The smallest absolute Gasteiger partial charge is 0.225 e. The Labute approximate surface area is 121 Å². The van der Waals surface area contributed by atoms with Crippen LogP contribution in [0.25, 0.3) is 0 Å². The van der Waals surface area contributed by atoms with Gasteiger partial charge in [-0.25, -0.2) is 0 Å². The van der Waals surface area contributed by atoms with Crippen molar-refractivity contribution in [2.75, 3.05) is 33.9 Å². The molecular formula is C11H25N6PS. The summed E-state index contributed by atoms with van der Waals surface area (Å²) in [6.07, 6.45) is 4.32. The lowest BCUT2D eigenvalue weighted by atomic mass is 10.2. The maximum absolute atomic E-state index is 6.00. The van der Waals surface area contributed by atoms with Crippen molar-refractivity contribution in [1.29, 1.82) is 0 Å². The van der Waals surface area contributed by atoms with E-state index in [0.29, 0.717) is 5.95 Å². The van der Waals surface area contributed by atoms with Crippen LogP contribution in [-0.4, -0.2) is 52.1 Å². The van der Waals surface area contributed by atoms with Crippen LogP contribution in [0.3, 0.4) is 0 Å². The Morgan fingerprint density at radius 3 is 2.26 bits per heavy atom. The Morgan fingerprint density at radius 1 is 1.21 bits per heavy atom. The van der Waals surface area contributed by atoms with Crippen LogP contribution in [0.2, 0.25) is 0 Å². The lowest BCUT2D eigenvalue weighted by Gasteiger charge is -2.34. The number of nitrogen functional groups attached to an aromatic ring is 1. The first-order chi connectivity index (χ1) is 8.83. The molecule has 0 aromatic carbocycles. The van der Waals surface area contributed by atoms with Crippen molar-refractivity contribution in [2.24, 2.45) is 0 Å². The number of aryl methyl sites for hydroxylation is 1. The van der Waals surface area contributed by atoms with Gasteiger partial charge >= 0.3 is 0 Å². The van der Waals surface area contributed by atoms with Gasteiger partial charge in [0.05, 0.1) is 0 Å². The third-order valence-electron chi connectivity index (χ3n) is 2.95. The molecule has 0 bridgehead atoms. The zero-order valence-corrected chi connectivity index (χ0v) is 14.2. The van der Waals surface area contributed by atoms with Gasteiger partial charge in [-0.2, -0.15) is 9.44 Å². The average molecular weight is 304 g/mol. The molecule has 0 aliphatic heterocycles. The van der Waals surface area contributed by atoms with Crippen molar-refractivity contribution in [2.45, 2.75) is 32.6 Å². The van der Waals surface area contributed by atoms with Crippen molar-refractivity contribution in [3.63, 3.8) is 0 Å². The van der Waals surface area contributed by atoms with Gasteiger partial charge < -0.3 is 5.73 Å². The van der Waals surface area contributed by atoms with Gasteiger partial charge in [0.1, 0.15) is 0 Å². The highest BCUT2D eigenvalue weighted by Crippen LogP contribution is 2.51. The normalized spacial score (nSPS) is 12.6. The minimum Gasteiger partial charge on any atom is -0.368 e. The molecule has 0 atom stereocenters.